The molecule has 0 radical (unpaired) electrons. The Labute approximate surface area is 129 Å². The van der Waals surface area contributed by atoms with Crippen molar-refractivity contribution in [3.8, 4) is 5.75 Å². The van der Waals surface area contributed by atoms with Crippen LogP contribution in [0.2, 0.25) is 10.0 Å². The van der Waals surface area contributed by atoms with Crippen LogP contribution in [0.1, 0.15) is 15.9 Å². The molecule has 0 aliphatic rings. The Kier molecular flexibility index (Phi) is 4.50. The molecular formula is C14H9BrCl2O2. The van der Waals surface area contributed by atoms with Gasteiger partial charge in [-0.15, -0.1) is 0 Å². The van der Waals surface area contributed by atoms with Gasteiger partial charge in [-0.1, -0.05) is 23.2 Å². The molecule has 19 heavy (non-hydrogen) atoms. The maximum absolute atomic E-state index is 12.3. The standard InChI is InChI=1S/C14H9BrCl2O2/c1-19-13-5-3-8(6-10(13)15)14(18)9-2-4-11(16)12(17)7-9/h2-7H,1H3. The number of ketones is 1. The molecule has 2 aromatic rings. The number of ether oxygens (including phenoxy) is 1. The molecule has 5 heteroatoms. The topological polar surface area (TPSA) is 26.3 Å². The lowest BCUT2D eigenvalue weighted by atomic mass is 10.0. The van der Waals surface area contributed by atoms with Crippen molar-refractivity contribution < 1.29 is 9.53 Å². The fraction of sp³-hybridized carbons (Fsp3) is 0.0714. The third-order valence-corrected chi connectivity index (χ3v) is 3.95. The smallest absolute Gasteiger partial charge is 0.193 e. The molecule has 0 aliphatic heterocycles. The summed E-state index contributed by atoms with van der Waals surface area (Å²) < 4.78 is 5.85. The highest BCUT2D eigenvalue weighted by molar-refractivity contribution is 9.10. The van der Waals surface area contributed by atoms with Crippen LogP contribution in [0, 0.1) is 0 Å². The van der Waals surface area contributed by atoms with E-state index in [-0.39, 0.29) is 5.78 Å². The first-order valence-electron chi connectivity index (χ1n) is 5.36. The van der Waals surface area contributed by atoms with E-state index in [1.165, 1.54) is 0 Å². The Morgan fingerprint density at radius 2 is 1.68 bits per heavy atom. The van der Waals surface area contributed by atoms with Crippen molar-refractivity contribution >= 4 is 44.9 Å². The van der Waals surface area contributed by atoms with Crippen LogP contribution in [0.3, 0.4) is 0 Å². The second-order valence-electron chi connectivity index (χ2n) is 3.81. The molecule has 98 valence electrons. The molecule has 2 nitrogen and oxygen atoms in total. The van der Waals surface area contributed by atoms with Gasteiger partial charge < -0.3 is 4.74 Å². The van der Waals surface area contributed by atoms with Gasteiger partial charge in [0.05, 0.1) is 21.6 Å². The molecule has 0 saturated carbocycles. The number of rotatable bonds is 3. The lowest BCUT2D eigenvalue weighted by Gasteiger charge is -2.06. The zero-order valence-corrected chi connectivity index (χ0v) is 13.0. The van der Waals surface area contributed by atoms with Gasteiger partial charge in [0.25, 0.3) is 0 Å². The molecule has 0 saturated heterocycles. The zero-order valence-electron chi connectivity index (χ0n) is 9.91. The van der Waals surface area contributed by atoms with Gasteiger partial charge in [0.15, 0.2) is 5.78 Å². The van der Waals surface area contributed by atoms with E-state index in [0.717, 1.165) is 4.47 Å². The number of hydrogen-bond donors (Lipinski definition) is 0. The van der Waals surface area contributed by atoms with Crippen LogP contribution < -0.4 is 4.74 Å². The normalized spacial score (nSPS) is 10.3. The van der Waals surface area contributed by atoms with Crippen LogP contribution in [0.5, 0.6) is 5.75 Å². The molecule has 0 atom stereocenters. The van der Waals surface area contributed by atoms with Crippen molar-refractivity contribution in [2.24, 2.45) is 0 Å². The number of benzene rings is 2. The summed E-state index contributed by atoms with van der Waals surface area (Å²) in [5.74, 6) is 0.549. The van der Waals surface area contributed by atoms with E-state index in [1.54, 1.807) is 43.5 Å². The average Bonchev–Trinajstić information content (AvgIpc) is 2.41. The molecule has 0 amide bonds. The van der Waals surface area contributed by atoms with E-state index in [4.69, 9.17) is 27.9 Å². The molecule has 0 unspecified atom stereocenters. The van der Waals surface area contributed by atoms with Gasteiger partial charge in [-0.25, -0.2) is 0 Å². The number of methoxy groups -OCH3 is 1. The SMILES string of the molecule is COc1ccc(C(=O)c2ccc(Cl)c(Cl)c2)cc1Br. The molecule has 0 spiro atoms. The van der Waals surface area contributed by atoms with Crippen LogP contribution in [0.15, 0.2) is 40.9 Å². The van der Waals surface area contributed by atoms with Crippen molar-refractivity contribution in [2.75, 3.05) is 7.11 Å². The van der Waals surface area contributed by atoms with E-state index in [1.807, 2.05) is 0 Å². The monoisotopic (exact) mass is 358 g/mol. The predicted molar refractivity (Wildman–Crippen MR) is 80.6 cm³/mol. The highest BCUT2D eigenvalue weighted by atomic mass is 79.9. The minimum Gasteiger partial charge on any atom is -0.496 e. The fourth-order valence-corrected chi connectivity index (χ4v) is 2.45. The van der Waals surface area contributed by atoms with E-state index < -0.39 is 0 Å². The summed E-state index contributed by atoms with van der Waals surface area (Å²) in [6.07, 6.45) is 0. The van der Waals surface area contributed by atoms with Crippen LogP contribution in [-0.4, -0.2) is 12.9 Å². The van der Waals surface area contributed by atoms with Gasteiger partial charge in [-0.3, -0.25) is 4.79 Å². The molecule has 2 rings (SSSR count). The Morgan fingerprint density at radius 3 is 2.26 bits per heavy atom. The Hall–Kier alpha value is -1.03. The molecule has 0 bridgehead atoms. The van der Waals surface area contributed by atoms with Crippen LogP contribution in [0.4, 0.5) is 0 Å². The second kappa shape index (κ2) is 5.95. The lowest BCUT2D eigenvalue weighted by molar-refractivity contribution is 0.103. The average molecular weight is 360 g/mol. The van der Waals surface area contributed by atoms with Gasteiger partial charge in [-0.05, 0) is 52.3 Å². The quantitative estimate of drug-likeness (QED) is 0.721. The molecule has 0 heterocycles. The van der Waals surface area contributed by atoms with Crippen LogP contribution >= 0.6 is 39.1 Å². The largest absolute Gasteiger partial charge is 0.496 e. The van der Waals surface area contributed by atoms with Gasteiger partial charge >= 0.3 is 0 Å². The van der Waals surface area contributed by atoms with Gasteiger partial charge in [-0.2, -0.15) is 0 Å². The van der Waals surface area contributed by atoms with Gasteiger partial charge in [0.1, 0.15) is 5.75 Å². The van der Waals surface area contributed by atoms with Crippen molar-refractivity contribution in [3.05, 3.63) is 62.0 Å². The third-order valence-electron chi connectivity index (χ3n) is 2.60. The molecule has 2 aromatic carbocycles. The highest BCUT2D eigenvalue weighted by Gasteiger charge is 2.12. The molecule has 0 aromatic heterocycles. The number of hydrogen-bond acceptors (Lipinski definition) is 2. The van der Waals surface area contributed by atoms with Crippen LogP contribution in [-0.2, 0) is 0 Å². The van der Waals surface area contributed by atoms with Gasteiger partial charge in [0.2, 0.25) is 0 Å². The third kappa shape index (κ3) is 3.11. The first-order valence-corrected chi connectivity index (χ1v) is 6.91. The maximum atomic E-state index is 12.3. The first kappa shape index (κ1) is 14.4. The summed E-state index contributed by atoms with van der Waals surface area (Å²) in [6.45, 7) is 0. The Balaban J connectivity index is 2.38. The summed E-state index contributed by atoms with van der Waals surface area (Å²) >= 11 is 15.1. The van der Waals surface area contributed by atoms with Crippen molar-refractivity contribution in [2.45, 2.75) is 0 Å². The van der Waals surface area contributed by atoms with E-state index in [9.17, 15) is 4.79 Å². The minimum absolute atomic E-state index is 0.123. The summed E-state index contributed by atoms with van der Waals surface area (Å²) in [5, 5.41) is 0.786. The maximum Gasteiger partial charge on any atom is 0.193 e. The van der Waals surface area contributed by atoms with E-state index in [0.29, 0.717) is 26.9 Å². The number of halogens is 3. The number of carbonyl (C=O) groups is 1. The Bertz CT molecular complexity index is 641. The first-order chi connectivity index (χ1) is 9.02. The van der Waals surface area contributed by atoms with Crippen LogP contribution in [0.25, 0.3) is 0 Å². The van der Waals surface area contributed by atoms with E-state index >= 15 is 0 Å². The molecule has 0 N–H and O–H groups in total. The lowest BCUT2D eigenvalue weighted by Crippen LogP contribution is -2.01. The van der Waals surface area contributed by atoms with Crippen molar-refractivity contribution in [1.29, 1.82) is 0 Å². The molecule has 0 fully saturated rings. The molecular weight excluding hydrogens is 351 g/mol. The predicted octanol–water partition coefficient (Wildman–Crippen LogP) is 5.00. The zero-order chi connectivity index (χ0) is 14.0. The fourth-order valence-electron chi connectivity index (χ4n) is 1.61. The Morgan fingerprint density at radius 1 is 1.05 bits per heavy atom. The summed E-state index contributed by atoms with van der Waals surface area (Å²) in [7, 11) is 1.57. The number of carbonyl (C=O) groups excluding carboxylic acids is 1. The minimum atomic E-state index is -0.123. The van der Waals surface area contributed by atoms with Crippen molar-refractivity contribution in [3.63, 3.8) is 0 Å². The summed E-state index contributed by atoms with van der Waals surface area (Å²) in [5.41, 5.74) is 1.04. The molecule has 0 aliphatic carbocycles. The summed E-state index contributed by atoms with van der Waals surface area (Å²) in [4.78, 5) is 12.3. The van der Waals surface area contributed by atoms with E-state index in [2.05, 4.69) is 15.9 Å². The second-order valence-corrected chi connectivity index (χ2v) is 5.48. The van der Waals surface area contributed by atoms with Gasteiger partial charge in [0, 0.05) is 11.1 Å². The highest BCUT2D eigenvalue weighted by Crippen LogP contribution is 2.28. The van der Waals surface area contributed by atoms with Crippen molar-refractivity contribution in [1.82, 2.24) is 0 Å². The summed E-state index contributed by atoms with van der Waals surface area (Å²) in [6, 6.07) is 9.96.